The largest absolute Gasteiger partial charge is 0.330 e. The Labute approximate surface area is 116 Å². The molecular weight excluding hydrogens is 260 g/mol. The maximum absolute atomic E-state index is 12.7. The first kappa shape index (κ1) is 16.1. The van der Waals surface area contributed by atoms with Crippen LogP contribution in [0.15, 0.2) is 29.2 Å². The van der Waals surface area contributed by atoms with Crippen LogP contribution in [0.1, 0.15) is 25.8 Å². The monoisotopic (exact) mass is 284 g/mol. The van der Waals surface area contributed by atoms with Crippen molar-refractivity contribution in [2.75, 3.05) is 19.6 Å². The molecule has 0 aliphatic heterocycles. The van der Waals surface area contributed by atoms with Gasteiger partial charge in [0, 0.05) is 13.1 Å². The SMILES string of the molecule is Cc1ccccc1S(=O)(=O)N(CCCN)CC(C)C. The summed E-state index contributed by atoms with van der Waals surface area (Å²) in [4.78, 5) is 0.396. The molecule has 108 valence electrons. The lowest BCUT2D eigenvalue weighted by atomic mass is 10.2. The number of hydrogen-bond donors (Lipinski definition) is 1. The van der Waals surface area contributed by atoms with E-state index in [1.165, 1.54) is 0 Å². The van der Waals surface area contributed by atoms with Crippen LogP contribution in [0.2, 0.25) is 0 Å². The van der Waals surface area contributed by atoms with E-state index in [1.54, 1.807) is 16.4 Å². The van der Waals surface area contributed by atoms with Gasteiger partial charge >= 0.3 is 0 Å². The average molecular weight is 284 g/mol. The Morgan fingerprint density at radius 2 is 1.89 bits per heavy atom. The van der Waals surface area contributed by atoms with Crippen LogP contribution < -0.4 is 5.73 Å². The highest BCUT2D eigenvalue weighted by atomic mass is 32.2. The van der Waals surface area contributed by atoms with E-state index in [0.717, 1.165) is 5.56 Å². The molecule has 0 aromatic heterocycles. The zero-order valence-electron chi connectivity index (χ0n) is 12.0. The number of sulfonamides is 1. The number of hydrogen-bond acceptors (Lipinski definition) is 3. The summed E-state index contributed by atoms with van der Waals surface area (Å²) in [5, 5.41) is 0. The first-order valence-electron chi connectivity index (χ1n) is 6.65. The fourth-order valence-electron chi connectivity index (χ4n) is 1.97. The molecule has 1 aromatic rings. The molecule has 1 aromatic carbocycles. The van der Waals surface area contributed by atoms with Gasteiger partial charge in [-0.05, 0) is 37.4 Å². The van der Waals surface area contributed by atoms with Gasteiger partial charge in [0.2, 0.25) is 10.0 Å². The quantitative estimate of drug-likeness (QED) is 0.833. The lowest BCUT2D eigenvalue weighted by Gasteiger charge is -2.24. The standard InChI is InChI=1S/C14H24N2O2S/c1-12(2)11-16(10-6-9-15)19(17,18)14-8-5-4-7-13(14)3/h4-5,7-8,12H,6,9-11,15H2,1-3H3. The minimum absolute atomic E-state index is 0.288. The molecule has 0 radical (unpaired) electrons. The summed E-state index contributed by atoms with van der Waals surface area (Å²) in [6.07, 6.45) is 0.678. The van der Waals surface area contributed by atoms with E-state index >= 15 is 0 Å². The van der Waals surface area contributed by atoms with E-state index < -0.39 is 10.0 Å². The smallest absolute Gasteiger partial charge is 0.243 e. The molecule has 1 rings (SSSR count). The van der Waals surface area contributed by atoms with E-state index in [4.69, 9.17) is 5.73 Å². The second-order valence-corrected chi connectivity index (χ2v) is 7.07. The second kappa shape index (κ2) is 7.03. The third-order valence-corrected chi connectivity index (χ3v) is 4.92. The summed E-state index contributed by atoms with van der Waals surface area (Å²) in [6, 6.07) is 7.10. The van der Waals surface area contributed by atoms with Gasteiger partial charge < -0.3 is 5.73 Å². The summed E-state index contributed by atoms with van der Waals surface area (Å²) in [6.45, 7) is 7.36. The van der Waals surface area contributed by atoms with E-state index in [9.17, 15) is 8.42 Å². The van der Waals surface area contributed by atoms with Gasteiger partial charge in [0.05, 0.1) is 4.90 Å². The maximum atomic E-state index is 12.7. The molecule has 0 heterocycles. The van der Waals surface area contributed by atoms with Crippen molar-refractivity contribution in [2.24, 2.45) is 11.7 Å². The summed E-state index contributed by atoms with van der Waals surface area (Å²) in [5.41, 5.74) is 6.28. The molecule has 0 aliphatic rings. The van der Waals surface area contributed by atoms with Crippen molar-refractivity contribution < 1.29 is 8.42 Å². The Kier molecular flexibility index (Phi) is 5.97. The Hall–Kier alpha value is -0.910. The molecule has 4 nitrogen and oxygen atoms in total. The Morgan fingerprint density at radius 1 is 1.26 bits per heavy atom. The molecule has 0 amide bonds. The summed E-state index contributed by atoms with van der Waals surface area (Å²) in [5.74, 6) is 0.288. The molecule has 0 fully saturated rings. The van der Waals surface area contributed by atoms with Crippen LogP contribution in [0.4, 0.5) is 0 Å². The number of benzene rings is 1. The van der Waals surface area contributed by atoms with Crippen molar-refractivity contribution in [3.8, 4) is 0 Å². The van der Waals surface area contributed by atoms with Gasteiger partial charge in [-0.15, -0.1) is 0 Å². The first-order valence-corrected chi connectivity index (χ1v) is 8.09. The van der Waals surface area contributed by atoms with E-state index in [-0.39, 0.29) is 5.92 Å². The molecule has 2 N–H and O–H groups in total. The van der Waals surface area contributed by atoms with Crippen LogP contribution in [0.3, 0.4) is 0 Å². The highest BCUT2D eigenvalue weighted by molar-refractivity contribution is 7.89. The number of nitrogens with two attached hydrogens (primary N) is 1. The second-order valence-electron chi connectivity index (χ2n) is 5.16. The lowest BCUT2D eigenvalue weighted by Crippen LogP contribution is -2.36. The van der Waals surface area contributed by atoms with Crippen molar-refractivity contribution in [3.63, 3.8) is 0 Å². The van der Waals surface area contributed by atoms with Gasteiger partial charge in [0.15, 0.2) is 0 Å². The molecule has 19 heavy (non-hydrogen) atoms. The molecule has 0 saturated heterocycles. The molecule has 0 unspecified atom stereocenters. The summed E-state index contributed by atoms with van der Waals surface area (Å²) < 4.78 is 26.9. The van der Waals surface area contributed by atoms with E-state index in [2.05, 4.69) is 0 Å². The molecule has 0 aliphatic carbocycles. The van der Waals surface area contributed by atoms with Crippen molar-refractivity contribution in [3.05, 3.63) is 29.8 Å². The van der Waals surface area contributed by atoms with Crippen LogP contribution in [0, 0.1) is 12.8 Å². The third kappa shape index (κ3) is 4.30. The maximum Gasteiger partial charge on any atom is 0.243 e. The fraction of sp³-hybridized carbons (Fsp3) is 0.571. The van der Waals surface area contributed by atoms with Crippen LogP contribution in [-0.2, 0) is 10.0 Å². The van der Waals surface area contributed by atoms with Crippen LogP contribution >= 0.6 is 0 Å². The lowest BCUT2D eigenvalue weighted by molar-refractivity contribution is 0.364. The third-order valence-electron chi connectivity index (χ3n) is 2.89. The number of aryl methyl sites for hydroxylation is 1. The minimum Gasteiger partial charge on any atom is -0.330 e. The van der Waals surface area contributed by atoms with Crippen molar-refractivity contribution >= 4 is 10.0 Å². The van der Waals surface area contributed by atoms with Gasteiger partial charge in [-0.3, -0.25) is 0 Å². The van der Waals surface area contributed by atoms with Gasteiger partial charge in [-0.25, -0.2) is 8.42 Å². The Bertz CT molecular complexity index is 498. The Morgan fingerprint density at radius 3 is 2.42 bits per heavy atom. The first-order chi connectivity index (χ1) is 8.89. The molecule has 0 spiro atoms. The van der Waals surface area contributed by atoms with Crippen molar-refractivity contribution in [1.82, 2.24) is 4.31 Å². The summed E-state index contributed by atoms with van der Waals surface area (Å²) in [7, 11) is -3.42. The predicted molar refractivity (Wildman–Crippen MR) is 78.4 cm³/mol. The highest BCUT2D eigenvalue weighted by Crippen LogP contribution is 2.20. The summed E-state index contributed by atoms with van der Waals surface area (Å²) >= 11 is 0. The number of rotatable bonds is 7. The van der Waals surface area contributed by atoms with Crippen LogP contribution in [-0.4, -0.2) is 32.4 Å². The molecule has 0 atom stereocenters. The van der Waals surface area contributed by atoms with E-state index in [1.807, 2.05) is 32.9 Å². The fourth-order valence-corrected chi connectivity index (χ4v) is 3.84. The topological polar surface area (TPSA) is 63.4 Å². The minimum atomic E-state index is -3.42. The zero-order chi connectivity index (χ0) is 14.5. The van der Waals surface area contributed by atoms with Gasteiger partial charge in [-0.2, -0.15) is 4.31 Å². The van der Waals surface area contributed by atoms with Crippen LogP contribution in [0.25, 0.3) is 0 Å². The molecule has 0 saturated carbocycles. The highest BCUT2D eigenvalue weighted by Gasteiger charge is 2.25. The molecule has 5 heteroatoms. The van der Waals surface area contributed by atoms with Gasteiger partial charge in [0.1, 0.15) is 0 Å². The van der Waals surface area contributed by atoms with Crippen molar-refractivity contribution in [1.29, 1.82) is 0 Å². The Balaban J connectivity index is 3.08. The van der Waals surface area contributed by atoms with Gasteiger partial charge in [0.25, 0.3) is 0 Å². The van der Waals surface area contributed by atoms with Crippen molar-refractivity contribution in [2.45, 2.75) is 32.1 Å². The predicted octanol–water partition coefficient (Wildman–Crippen LogP) is 1.99. The van der Waals surface area contributed by atoms with Crippen LogP contribution in [0.5, 0.6) is 0 Å². The average Bonchev–Trinajstić information content (AvgIpc) is 2.34. The molecule has 0 bridgehead atoms. The molecular formula is C14H24N2O2S. The zero-order valence-corrected chi connectivity index (χ0v) is 12.8. The van der Waals surface area contributed by atoms with Gasteiger partial charge in [-0.1, -0.05) is 32.0 Å². The normalized spacial score (nSPS) is 12.3. The van der Waals surface area contributed by atoms with E-state index in [0.29, 0.717) is 31.0 Å². The number of nitrogens with zero attached hydrogens (tertiary/aromatic N) is 1.